The number of ether oxygens (including phenoxy) is 1. The number of hydrogen-bond donors (Lipinski definition) is 0. The standard InChI is InChI=1S/C77H52N4O/c1-47-42-51(43-48(2)69(47)75(80-78)73-61-32-16-12-28-57(61)71(55-22-8-6-9-23-55)58-29-13-17-33-62(58)73)38-40-53-26-20-36-65-67(53)46-68-54(27-21-37-66(68)77(65)82-5)41-39-52-44-49(3)70(50(4)45-52)76(81-79)74-63-34-18-14-30-59(63)72(56-24-10-7-11-25-56)60-31-15-19-35-64(60)74/h6-37,42-46H,1-5H3. The van der Waals surface area contributed by atoms with Crippen molar-refractivity contribution >= 4 is 76.1 Å². The summed E-state index contributed by atoms with van der Waals surface area (Å²) in [7, 11) is 1.71. The Morgan fingerprint density at radius 2 is 0.622 bits per heavy atom. The maximum absolute atomic E-state index is 11.0. The maximum atomic E-state index is 11.0. The number of benzene rings is 13. The van der Waals surface area contributed by atoms with Crippen molar-refractivity contribution in [2.75, 3.05) is 7.11 Å². The van der Waals surface area contributed by atoms with Crippen molar-refractivity contribution in [1.82, 2.24) is 0 Å². The van der Waals surface area contributed by atoms with E-state index in [1.165, 1.54) is 0 Å². The molecule has 386 valence electrons. The minimum Gasteiger partial charge on any atom is -0.495 e. The molecule has 13 aromatic rings. The fraction of sp³-hybridized carbons (Fsp3) is 0.0649. The summed E-state index contributed by atoms with van der Waals surface area (Å²) in [5.41, 5.74) is 38.4. The summed E-state index contributed by atoms with van der Waals surface area (Å²) in [6.07, 6.45) is 0. The van der Waals surface area contributed by atoms with E-state index in [-0.39, 0.29) is 0 Å². The molecule has 0 radical (unpaired) electrons. The lowest BCUT2D eigenvalue weighted by atomic mass is 9.83. The summed E-state index contributed by atoms with van der Waals surface area (Å²) >= 11 is 0. The Morgan fingerprint density at radius 1 is 0.317 bits per heavy atom. The molecule has 0 aromatic heterocycles. The van der Waals surface area contributed by atoms with E-state index in [1.807, 2.05) is 48.5 Å². The Kier molecular flexibility index (Phi) is 13.0. The highest BCUT2D eigenvalue weighted by Crippen LogP contribution is 2.43. The van der Waals surface area contributed by atoms with Crippen LogP contribution in [0.5, 0.6) is 5.75 Å². The predicted octanol–water partition coefficient (Wildman–Crippen LogP) is 18.1. The zero-order chi connectivity index (χ0) is 56.0. The Bertz CT molecular complexity index is 4600. The van der Waals surface area contributed by atoms with Crippen LogP contribution in [0.3, 0.4) is 0 Å². The van der Waals surface area contributed by atoms with Gasteiger partial charge in [-0.1, -0.05) is 206 Å². The highest BCUT2D eigenvalue weighted by atomic mass is 16.5. The van der Waals surface area contributed by atoms with Gasteiger partial charge in [0, 0.05) is 43.8 Å². The van der Waals surface area contributed by atoms with Gasteiger partial charge in [-0.3, -0.25) is 0 Å². The summed E-state index contributed by atoms with van der Waals surface area (Å²) in [5, 5.41) is 12.2. The Labute approximate surface area is 476 Å². The van der Waals surface area contributed by atoms with Crippen LogP contribution in [0.4, 0.5) is 0 Å². The van der Waals surface area contributed by atoms with Crippen molar-refractivity contribution < 1.29 is 14.3 Å². The summed E-state index contributed by atoms with van der Waals surface area (Å²) in [4.78, 5) is 8.19. The molecule has 0 aliphatic rings. The normalized spacial score (nSPS) is 11.0. The highest BCUT2D eigenvalue weighted by molar-refractivity contribution is 6.30. The van der Waals surface area contributed by atoms with Gasteiger partial charge in [0.1, 0.15) is 5.75 Å². The summed E-state index contributed by atoms with van der Waals surface area (Å²) < 4.78 is 6.21. The average molecular weight is 1050 g/mol. The third kappa shape index (κ3) is 8.59. The van der Waals surface area contributed by atoms with E-state index >= 15 is 0 Å². The van der Waals surface area contributed by atoms with Gasteiger partial charge in [-0.25, -0.2) is 0 Å². The van der Waals surface area contributed by atoms with Gasteiger partial charge in [0.25, 0.3) is 0 Å². The first-order chi connectivity index (χ1) is 40.2. The number of aryl methyl sites for hydroxylation is 4. The quantitative estimate of drug-likeness (QED) is 0.0515. The van der Waals surface area contributed by atoms with E-state index in [2.05, 4.69) is 237 Å². The monoisotopic (exact) mass is 1050 g/mol. The number of fused-ring (bicyclic) bond motifs is 6. The minimum absolute atomic E-state index is 0.518. The second-order valence-electron chi connectivity index (χ2n) is 21.0. The fourth-order valence-electron chi connectivity index (χ4n) is 12.7. The van der Waals surface area contributed by atoms with Crippen molar-refractivity contribution in [2.24, 2.45) is 0 Å². The number of rotatable bonds is 7. The van der Waals surface area contributed by atoms with E-state index in [4.69, 9.17) is 4.74 Å². The number of nitrogens with zero attached hydrogens (tertiary/aromatic N) is 4. The first kappa shape index (κ1) is 50.6. The molecule has 13 rings (SSSR count). The molecule has 0 saturated heterocycles. The zero-order valence-corrected chi connectivity index (χ0v) is 46.1. The van der Waals surface area contributed by atoms with E-state index in [0.29, 0.717) is 11.4 Å². The van der Waals surface area contributed by atoms with Crippen LogP contribution in [0.15, 0.2) is 224 Å². The molecule has 0 saturated carbocycles. The summed E-state index contributed by atoms with van der Waals surface area (Å²) in [6.45, 7) is 8.25. The molecule has 0 aliphatic carbocycles. The van der Waals surface area contributed by atoms with Gasteiger partial charge >= 0.3 is 11.4 Å². The summed E-state index contributed by atoms with van der Waals surface area (Å²) in [5.74, 6) is 14.9. The molecule has 0 atom stereocenters. The molecule has 0 heterocycles. The molecule has 0 fully saturated rings. The van der Waals surface area contributed by atoms with Crippen LogP contribution in [0.25, 0.3) is 98.0 Å². The topological polar surface area (TPSA) is 82.0 Å². The molecule has 0 amide bonds. The smallest absolute Gasteiger partial charge is 0.331 e. The van der Waals surface area contributed by atoms with Crippen molar-refractivity contribution in [3.8, 4) is 51.7 Å². The Morgan fingerprint density at radius 3 is 0.939 bits per heavy atom. The first-order valence-corrected chi connectivity index (χ1v) is 27.5. The second-order valence-corrected chi connectivity index (χ2v) is 21.0. The Hall–Kier alpha value is -10.9. The molecule has 13 aromatic carbocycles. The molecule has 0 bridgehead atoms. The van der Waals surface area contributed by atoms with Crippen LogP contribution in [-0.4, -0.2) is 28.1 Å². The minimum atomic E-state index is 0.518. The van der Waals surface area contributed by atoms with Crippen LogP contribution < -0.4 is 4.74 Å². The van der Waals surface area contributed by atoms with Crippen LogP contribution in [0, 0.1) is 51.4 Å². The number of methoxy groups -OCH3 is 1. The van der Waals surface area contributed by atoms with E-state index in [0.717, 1.165) is 159 Å². The van der Waals surface area contributed by atoms with Gasteiger partial charge in [0.2, 0.25) is 0 Å². The maximum Gasteiger partial charge on any atom is 0.331 e. The predicted molar refractivity (Wildman–Crippen MR) is 339 cm³/mol. The van der Waals surface area contributed by atoms with Crippen LogP contribution in [-0.2, 0) is 0 Å². The van der Waals surface area contributed by atoms with Gasteiger partial charge in [-0.15, -0.1) is 0 Å². The van der Waals surface area contributed by atoms with Crippen LogP contribution in [0.2, 0.25) is 0 Å². The lowest BCUT2D eigenvalue weighted by molar-refractivity contribution is -0.00310. The van der Waals surface area contributed by atoms with Crippen molar-refractivity contribution in [3.05, 3.63) is 302 Å². The van der Waals surface area contributed by atoms with E-state index < -0.39 is 0 Å². The van der Waals surface area contributed by atoms with Crippen LogP contribution in [0.1, 0.15) is 66.8 Å². The van der Waals surface area contributed by atoms with Crippen molar-refractivity contribution in [3.63, 3.8) is 0 Å². The molecule has 82 heavy (non-hydrogen) atoms. The van der Waals surface area contributed by atoms with Gasteiger partial charge in [0.15, 0.2) is 0 Å². The van der Waals surface area contributed by atoms with Crippen LogP contribution >= 0.6 is 0 Å². The van der Waals surface area contributed by atoms with E-state index in [1.54, 1.807) is 7.11 Å². The second kappa shape index (κ2) is 21.0. The van der Waals surface area contributed by atoms with Gasteiger partial charge < -0.3 is 15.8 Å². The molecule has 0 spiro atoms. The molecule has 5 heteroatoms. The molecule has 0 unspecified atom stereocenters. The molecule has 0 aliphatic heterocycles. The zero-order valence-electron chi connectivity index (χ0n) is 46.1. The molecule has 5 nitrogen and oxygen atoms in total. The third-order valence-corrected chi connectivity index (χ3v) is 16.1. The molecular formula is C77H52N4O. The largest absolute Gasteiger partial charge is 0.495 e. The SMILES string of the molecule is COc1c2cccc(C#Cc3cc(C)c(C(=[N+]=[N-])c4c5ccccc5c(-c5ccccc5)c5ccccc45)c(C)c3)c2cc2c(C#Cc3cc(C)c(C(=[N+]=[N-])c4c5ccccc5c(-c5ccccc5)c5ccccc45)c(C)c3)cccc12. The lowest BCUT2D eigenvalue weighted by Crippen LogP contribution is -2.11. The lowest BCUT2D eigenvalue weighted by Gasteiger charge is -2.16. The first-order valence-electron chi connectivity index (χ1n) is 27.5. The van der Waals surface area contributed by atoms with Gasteiger partial charge in [0.05, 0.1) is 29.4 Å². The average Bonchev–Trinajstić information content (AvgIpc) is 3.68. The summed E-state index contributed by atoms with van der Waals surface area (Å²) in [6, 6.07) is 77.4. The van der Waals surface area contributed by atoms with Gasteiger partial charge in [-0.05, 0) is 158 Å². The van der Waals surface area contributed by atoms with E-state index in [9.17, 15) is 11.1 Å². The van der Waals surface area contributed by atoms with Crippen molar-refractivity contribution in [1.29, 1.82) is 0 Å². The molecule has 0 N–H and O–H groups in total. The Balaban J connectivity index is 0.863. The number of hydrogen-bond acceptors (Lipinski definition) is 1. The fourth-order valence-corrected chi connectivity index (χ4v) is 12.7. The van der Waals surface area contributed by atoms with Crippen molar-refractivity contribution in [2.45, 2.75) is 27.7 Å². The third-order valence-electron chi connectivity index (χ3n) is 16.1. The highest BCUT2D eigenvalue weighted by Gasteiger charge is 2.29. The molecular weight excluding hydrogens is 997 g/mol. The van der Waals surface area contributed by atoms with Gasteiger partial charge in [-0.2, -0.15) is 9.58 Å².